The molecule has 4 heterocycles. The van der Waals surface area contributed by atoms with Gasteiger partial charge in [-0.3, -0.25) is 33.2 Å². The third kappa shape index (κ3) is 10.1. The number of oxazole rings is 1. The average molecular weight is 855 g/mol. The van der Waals surface area contributed by atoms with Gasteiger partial charge in [-0.25, -0.2) is 18.6 Å². The Hall–Kier alpha value is -5.35. The van der Waals surface area contributed by atoms with Gasteiger partial charge in [-0.15, -0.1) is 0 Å². The molecule has 1 amide bonds. The maximum absolute atomic E-state index is 14.1. The zero-order valence-electron chi connectivity index (χ0n) is 35.6. The van der Waals surface area contributed by atoms with Crippen LogP contribution in [0.5, 0.6) is 0 Å². The molecule has 5 aromatic rings. The lowest BCUT2D eigenvalue weighted by molar-refractivity contribution is -0.132. The number of aryl methyl sites for hydroxylation is 3. The second kappa shape index (κ2) is 19.4. The first-order valence-corrected chi connectivity index (χ1v) is 22.1. The summed E-state index contributed by atoms with van der Waals surface area (Å²) in [5.41, 5.74) is 3.48. The molecule has 8 rings (SSSR count). The SMILES string of the molecule is CN(CCCOCCCc1cccc2c1n(C)c(=O)n2[C@@H]1CCC(=O)CC1=O)CC1CCC(n2cc(NC(=O)c3coc(-c4ccnc(CCC5CC5)c4)n3)c(C(F)F)n2)CC1. The van der Waals surface area contributed by atoms with Gasteiger partial charge >= 0.3 is 5.69 Å². The van der Waals surface area contributed by atoms with E-state index in [1.165, 1.54) is 25.3 Å². The number of alkyl halides is 2. The molecule has 0 spiro atoms. The van der Waals surface area contributed by atoms with Crippen molar-refractivity contribution < 1.29 is 32.3 Å². The first-order valence-electron chi connectivity index (χ1n) is 22.1. The molecular weight excluding hydrogens is 799 g/mol. The van der Waals surface area contributed by atoms with E-state index in [4.69, 9.17) is 9.15 Å². The van der Waals surface area contributed by atoms with E-state index in [1.807, 2.05) is 24.3 Å². The number of halogens is 2. The first-order chi connectivity index (χ1) is 30.0. The minimum atomic E-state index is -2.86. The number of hydrogen-bond donors (Lipinski definition) is 1. The maximum atomic E-state index is 14.1. The van der Waals surface area contributed by atoms with E-state index in [0.717, 1.165) is 99.1 Å². The largest absolute Gasteiger partial charge is 0.444 e. The van der Waals surface area contributed by atoms with Crippen LogP contribution in [0.15, 0.2) is 58.2 Å². The minimum Gasteiger partial charge on any atom is -0.444 e. The molecule has 3 fully saturated rings. The van der Waals surface area contributed by atoms with E-state index < -0.39 is 24.1 Å². The molecule has 1 aromatic carbocycles. The standard InChI is InChI=1S/C46H56F2N8O6/c1-53(21-5-23-61-22-4-7-31-6-3-8-39-42(31)54(2)46(60)56(39)38-18-17-35(57)25-40(38)58)26-30-12-15-34(16-13-30)55-27-36(41(52-55)43(47)48)50-44(59)37-28-62-45(51-37)32-19-20-49-33(24-32)14-11-29-9-10-29/h3,6,8,19-20,24,27-30,34,38,43H,4-5,7,9-18,21-23,25-26H2,1-2H3,(H,50,59)/t30?,34?,38-/m1/s1. The number of amides is 1. The van der Waals surface area contributed by atoms with E-state index in [0.29, 0.717) is 37.5 Å². The van der Waals surface area contributed by atoms with Crippen LogP contribution in [-0.4, -0.2) is 84.6 Å². The number of ketones is 2. The number of ether oxygens (including phenoxy) is 1. The van der Waals surface area contributed by atoms with E-state index in [1.54, 1.807) is 33.1 Å². The molecule has 0 aliphatic heterocycles. The van der Waals surface area contributed by atoms with Gasteiger partial charge in [0, 0.05) is 63.4 Å². The zero-order chi connectivity index (χ0) is 43.3. The fourth-order valence-electron chi connectivity index (χ4n) is 9.24. The van der Waals surface area contributed by atoms with Crippen LogP contribution < -0.4 is 11.0 Å². The number of carbonyl (C=O) groups excluding carboxylic acids is 3. The Labute approximate surface area is 359 Å². The number of nitrogens with zero attached hydrogens (tertiary/aromatic N) is 7. The Balaban J connectivity index is 0.752. The lowest BCUT2D eigenvalue weighted by atomic mass is 9.86. The Kier molecular flexibility index (Phi) is 13.5. The van der Waals surface area contributed by atoms with E-state index in [-0.39, 0.29) is 47.0 Å². The summed E-state index contributed by atoms with van der Waals surface area (Å²) in [7, 11) is 3.85. The van der Waals surface area contributed by atoms with Crippen LogP contribution in [0.3, 0.4) is 0 Å². The highest BCUT2D eigenvalue weighted by Crippen LogP contribution is 2.36. The average Bonchev–Trinajstić information content (AvgIpc) is 3.66. The smallest absolute Gasteiger partial charge is 0.329 e. The highest BCUT2D eigenvalue weighted by molar-refractivity contribution is 6.04. The zero-order valence-corrected chi connectivity index (χ0v) is 35.6. The number of rotatable bonds is 19. The fourth-order valence-corrected chi connectivity index (χ4v) is 9.24. The number of benzene rings is 1. The van der Waals surface area contributed by atoms with Crippen molar-refractivity contribution in [3.05, 3.63) is 82.1 Å². The Morgan fingerprint density at radius 2 is 1.81 bits per heavy atom. The molecule has 0 radical (unpaired) electrons. The molecule has 3 aliphatic carbocycles. The molecule has 14 nitrogen and oxygen atoms in total. The normalized spacial score (nSPS) is 19.6. The van der Waals surface area contributed by atoms with Crippen LogP contribution in [0.2, 0.25) is 0 Å². The third-order valence-corrected chi connectivity index (χ3v) is 12.8. The molecule has 0 saturated heterocycles. The van der Waals surface area contributed by atoms with E-state index in [9.17, 15) is 28.0 Å². The van der Waals surface area contributed by atoms with Crippen LogP contribution in [0.4, 0.5) is 14.5 Å². The molecule has 0 unspecified atom stereocenters. The summed E-state index contributed by atoms with van der Waals surface area (Å²) in [6.07, 6.45) is 12.5. The Morgan fingerprint density at radius 3 is 2.58 bits per heavy atom. The van der Waals surface area contributed by atoms with Crippen LogP contribution in [0.25, 0.3) is 22.5 Å². The van der Waals surface area contributed by atoms with Crippen molar-refractivity contribution in [3.63, 3.8) is 0 Å². The molecule has 1 atom stereocenters. The molecule has 330 valence electrons. The van der Waals surface area contributed by atoms with Crippen molar-refractivity contribution in [1.82, 2.24) is 33.8 Å². The quantitative estimate of drug-likeness (QED) is 0.0645. The first kappa shape index (κ1) is 43.3. The number of hydrogen-bond acceptors (Lipinski definition) is 10. The number of Topliss-reactive ketones (excluding diaryl/α,β-unsaturated/α-hetero) is 2. The van der Waals surface area contributed by atoms with Gasteiger partial charge in [0.25, 0.3) is 12.3 Å². The second-order valence-electron chi connectivity index (χ2n) is 17.5. The summed E-state index contributed by atoms with van der Waals surface area (Å²) in [6, 6.07) is 8.84. The van der Waals surface area contributed by atoms with Gasteiger partial charge in [0.05, 0.1) is 35.2 Å². The van der Waals surface area contributed by atoms with Gasteiger partial charge in [0.15, 0.2) is 17.2 Å². The molecule has 0 bridgehead atoms. The van der Waals surface area contributed by atoms with Gasteiger partial charge in [0.1, 0.15) is 12.0 Å². The summed E-state index contributed by atoms with van der Waals surface area (Å²) in [5.74, 6) is 0.617. The third-order valence-electron chi connectivity index (χ3n) is 12.8. The van der Waals surface area contributed by atoms with Gasteiger partial charge in [-0.05, 0) is 107 Å². The van der Waals surface area contributed by atoms with E-state index in [2.05, 4.69) is 32.3 Å². The predicted octanol–water partition coefficient (Wildman–Crippen LogP) is 7.68. The molecule has 62 heavy (non-hydrogen) atoms. The van der Waals surface area contributed by atoms with Crippen molar-refractivity contribution in [3.8, 4) is 11.5 Å². The van der Waals surface area contributed by atoms with Crippen molar-refractivity contribution in [1.29, 1.82) is 0 Å². The summed E-state index contributed by atoms with van der Waals surface area (Å²) >= 11 is 0. The lowest BCUT2D eigenvalue weighted by Gasteiger charge is -2.31. The fraction of sp³-hybridized carbons (Fsp3) is 0.543. The summed E-state index contributed by atoms with van der Waals surface area (Å²) in [5, 5.41) is 6.84. The lowest BCUT2D eigenvalue weighted by Crippen LogP contribution is -2.34. The van der Waals surface area contributed by atoms with Crippen LogP contribution in [0, 0.1) is 11.8 Å². The Morgan fingerprint density at radius 1 is 1.02 bits per heavy atom. The van der Waals surface area contributed by atoms with Gasteiger partial charge in [0.2, 0.25) is 5.89 Å². The minimum absolute atomic E-state index is 0.0106. The highest BCUT2D eigenvalue weighted by atomic mass is 19.3. The van der Waals surface area contributed by atoms with E-state index >= 15 is 0 Å². The number of imidazole rings is 1. The van der Waals surface area contributed by atoms with Crippen molar-refractivity contribution >= 4 is 34.2 Å². The predicted molar refractivity (Wildman–Crippen MR) is 228 cm³/mol. The molecular formula is C46H56F2N8O6. The topological polar surface area (TPSA) is 159 Å². The molecule has 16 heteroatoms. The highest BCUT2D eigenvalue weighted by Gasteiger charge is 2.32. The van der Waals surface area contributed by atoms with Crippen molar-refractivity contribution in [2.24, 2.45) is 18.9 Å². The van der Waals surface area contributed by atoms with Gasteiger partial charge in [-0.2, -0.15) is 5.10 Å². The molecule has 3 saturated carbocycles. The number of carbonyl (C=O) groups is 3. The molecule has 3 aliphatic rings. The Bertz CT molecular complexity index is 2440. The van der Waals surface area contributed by atoms with Crippen LogP contribution >= 0.6 is 0 Å². The second-order valence-corrected chi connectivity index (χ2v) is 17.5. The summed E-state index contributed by atoms with van der Waals surface area (Å²) in [6.45, 7) is 3.04. The number of nitrogens with one attached hydrogen (secondary N) is 1. The maximum Gasteiger partial charge on any atom is 0.329 e. The van der Waals surface area contributed by atoms with Crippen molar-refractivity contribution in [2.75, 3.05) is 38.7 Å². The number of pyridine rings is 1. The molecule has 4 aromatic heterocycles. The number of para-hydroxylation sites is 1. The van der Waals surface area contributed by atoms with Crippen LogP contribution in [-0.2, 0) is 34.2 Å². The molecule has 1 N–H and O–H groups in total. The summed E-state index contributed by atoms with van der Waals surface area (Å²) in [4.78, 5) is 62.0. The van der Waals surface area contributed by atoms with Crippen LogP contribution in [0.1, 0.15) is 123 Å². The van der Waals surface area contributed by atoms with Crippen molar-refractivity contribution in [2.45, 2.75) is 108 Å². The monoisotopic (exact) mass is 854 g/mol. The van der Waals surface area contributed by atoms with Gasteiger partial charge < -0.3 is 19.4 Å². The number of anilines is 1. The van der Waals surface area contributed by atoms with Gasteiger partial charge in [-0.1, -0.05) is 25.0 Å². The summed E-state index contributed by atoms with van der Waals surface area (Å²) < 4.78 is 44.7. The number of aromatic nitrogens is 6. The number of fused-ring (bicyclic) bond motifs is 1.